The zero-order valence-electron chi connectivity index (χ0n) is 9.50. The largest absolute Gasteiger partial charge is 0.380 e. The second-order valence-electron chi connectivity index (χ2n) is 3.90. The van der Waals surface area contributed by atoms with Gasteiger partial charge in [0.05, 0.1) is 0 Å². The molecule has 17 heavy (non-hydrogen) atoms. The van der Waals surface area contributed by atoms with Crippen molar-refractivity contribution in [3.63, 3.8) is 0 Å². The van der Waals surface area contributed by atoms with Crippen molar-refractivity contribution in [2.24, 2.45) is 0 Å². The molecule has 1 N–H and O–H groups in total. The molecule has 3 heteroatoms. The van der Waals surface area contributed by atoms with E-state index in [1.165, 1.54) is 6.07 Å². The van der Waals surface area contributed by atoms with E-state index >= 15 is 0 Å². The van der Waals surface area contributed by atoms with Crippen molar-refractivity contribution in [3.8, 4) is 0 Å². The second-order valence-corrected chi connectivity index (χ2v) is 4.76. The van der Waals surface area contributed by atoms with Crippen LogP contribution in [0.1, 0.15) is 11.1 Å². The first kappa shape index (κ1) is 12.1. The number of anilines is 1. The average molecular weight is 294 g/mol. The molecule has 0 bridgehead atoms. The molecule has 88 valence electrons. The number of hydrogen-bond donors (Lipinski definition) is 1. The van der Waals surface area contributed by atoms with Gasteiger partial charge in [0.25, 0.3) is 0 Å². The van der Waals surface area contributed by atoms with Crippen LogP contribution in [0, 0.1) is 12.7 Å². The molecule has 0 fully saturated rings. The quantitative estimate of drug-likeness (QED) is 0.878. The van der Waals surface area contributed by atoms with Gasteiger partial charge in [-0.1, -0.05) is 18.2 Å². The fourth-order valence-electron chi connectivity index (χ4n) is 1.63. The van der Waals surface area contributed by atoms with E-state index in [1.54, 1.807) is 12.1 Å². The van der Waals surface area contributed by atoms with Gasteiger partial charge in [-0.15, -0.1) is 0 Å². The Morgan fingerprint density at radius 1 is 1.18 bits per heavy atom. The maximum atomic E-state index is 13.1. The van der Waals surface area contributed by atoms with Gasteiger partial charge in [0.2, 0.25) is 0 Å². The second kappa shape index (κ2) is 5.32. The summed E-state index contributed by atoms with van der Waals surface area (Å²) in [6, 6.07) is 12.7. The smallest absolute Gasteiger partial charge is 0.123 e. The molecular formula is C14H13BrFN. The topological polar surface area (TPSA) is 12.0 Å². The van der Waals surface area contributed by atoms with E-state index in [2.05, 4.69) is 21.2 Å². The molecule has 0 heterocycles. The Bertz CT molecular complexity index is 525. The van der Waals surface area contributed by atoms with Gasteiger partial charge >= 0.3 is 0 Å². The van der Waals surface area contributed by atoms with Gasteiger partial charge in [0, 0.05) is 16.7 Å². The molecular weight excluding hydrogens is 281 g/mol. The summed E-state index contributed by atoms with van der Waals surface area (Å²) in [5.41, 5.74) is 3.07. The summed E-state index contributed by atoms with van der Waals surface area (Å²) in [5, 5.41) is 3.28. The van der Waals surface area contributed by atoms with E-state index in [0.717, 1.165) is 21.3 Å². The molecule has 1 nitrogen and oxygen atoms in total. The molecule has 2 rings (SSSR count). The average Bonchev–Trinajstić information content (AvgIpc) is 2.32. The van der Waals surface area contributed by atoms with E-state index in [-0.39, 0.29) is 5.82 Å². The minimum Gasteiger partial charge on any atom is -0.380 e. The van der Waals surface area contributed by atoms with E-state index in [0.29, 0.717) is 6.54 Å². The Kier molecular flexibility index (Phi) is 3.79. The summed E-state index contributed by atoms with van der Waals surface area (Å²) >= 11 is 3.47. The predicted molar refractivity (Wildman–Crippen MR) is 72.6 cm³/mol. The number of benzene rings is 2. The lowest BCUT2D eigenvalue weighted by molar-refractivity contribution is 0.625. The molecule has 0 saturated heterocycles. The van der Waals surface area contributed by atoms with Crippen molar-refractivity contribution in [3.05, 3.63) is 63.9 Å². The number of nitrogens with one attached hydrogen (secondary N) is 1. The van der Waals surface area contributed by atoms with Crippen LogP contribution in [-0.2, 0) is 6.54 Å². The molecule has 0 aliphatic rings. The molecule has 0 atom stereocenters. The van der Waals surface area contributed by atoms with Crippen LogP contribution in [0.2, 0.25) is 0 Å². The van der Waals surface area contributed by atoms with E-state index in [9.17, 15) is 4.39 Å². The zero-order valence-corrected chi connectivity index (χ0v) is 11.1. The van der Waals surface area contributed by atoms with Crippen molar-refractivity contribution in [2.45, 2.75) is 13.5 Å². The van der Waals surface area contributed by atoms with Crippen LogP contribution in [0.25, 0.3) is 0 Å². The van der Waals surface area contributed by atoms with Gasteiger partial charge in [0.15, 0.2) is 0 Å². The third-order valence-electron chi connectivity index (χ3n) is 2.65. The van der Waals surface area contributed by atoms with Crippen LogP contribution >= 0.6 is 15.9 Å². The maximum absolute atomic E-state index is 13.1. The zero-order chi connectivity index (χ0) is 12.3. The molecule has 0 saturated carbocycles. The first-order valence-electron chi connectivity index (χ1n) is 5.40. The van der Waals surface area contributed by atoms with Crippen molar-refractivity contribution in [2.75, 3.05) is 5.32 Å². The number of rotatable bonds is 3. The first-order valence-corrected chi connectivity index (χ1v) is 6.19. The Hall–Kier alpha value is -1.35. The lowest BCUT2D eigenvalue weighted by atomic mass is 10.1. The minimum absolute atomic E-state index is 0.195. The highest BCUT2D eigenvalue weighted by Crippen LogP contribution is 2.22. The van der Waals surface area contributed by atoms with Crippen molar-refractivity contribution >= 4 is 21.6 Å². The van der Waals surface area contributed by atoms with Gasteiger partial charge in [-0.2, -0.15) is 0 Å². The standard InChI is InChI=1S/C14H13BrFN/c1-10-6-7-12(16)8-11(10)9-17-14-5-3-2-4-13(14)15/h2-8,17H,9H2,1H3. The highest BCUT2D eigenvalue weighted by Gasteiger charge is 2.02. The van der Waals surface area contributed by atoms with Gasteiger partial charge < -0.3 is 5.32 Å². The van der Waals surface area contributed by atoms with Gasteiger partial charge in [-0.25, -0.2) is 4.39 Å². The van der Waals surface area contributed by atoms with Crippen LogP contribution < -0.4 is 5.32 Å². The molecule has 0 aromatic heterocycles. The van der Waals surface area contributed by atoms with Crippen LogP contribution in [-0.4, -0.2) is 0 Å². The predicted octanol–water partition coefficient (Wildman–Crippen LogP) is 4.51. The number of hydrogen-bond acceptors (Lipinski definition) is 1. The summed E-state index contributed by atoms with van der Waals surface area (Å²) in [5.74, 6) is -0.195. The number of halogens is 2. The summed E-state index contributed by atoms with van der Waals surface area (Å²) in [7, 11) is 0. The first-order chi connectivity index (χ1) is 8.16. The highest BCUT2D eigenvalue weighted by atomic mass is 79.9. The monoisotopic (exact) mass is 293 g/mol. The van der Waals surface area contributed by atoms with Crippen LogP contribution in [0.4, 0.5) is 10.1 Å². The Labute approximate surface area is 109 Å². The summed E-state index contributed by atoms with van der Waals surface area (Å²) in [4.78, 5) is 0. The van der Waals surface area contributed by atoms with Gasteiger partial charge in [-0.05, 0) is 58.2 Å². The molecule has 0 unspecified atom stereocenters. The van der Waals surface area contributed by atoms with Crippen molar-refractivity contribution < 1.29 is 4.39 Å². The Morgan fingerprint density at radius 3 is 2.71 bits per heavy atom. The van der Waals surface area contributed by atoms with E-state index in [1.807, 2.05) is 31.2 Å². The highest BCUT2D eigenvalue weighted by molar-refractivity contribution is 9.10. The van der Waals surface area contributed by atoms with Gasteiger partial charge in [-0.3, -0.25) is 0 Å². The van der Waals surface area contributed by atoms with E-state index < -0.39 is 0 Å². The summed E-state index contributed by atoms with van der Waals surface area (Å²) in [6.45, 7) is 2.60. The lowest BCUT2D eigenvalue weighted by Crippen LogP contribution is -2.02. The van der Waals surface area contributed by atoms with Crippen molar-refractivity contribution in [1.29, 1.82) is 0 Å². The minimum atomic E-state index is -0.195. The van der Waals surface area contributed by atoms with E-state index in [4.69, 9.17) is 0 Å². The Morgan fingerprint density at radius 2 is 1.94 bits per heavy atom. The molecule has 0 aliphatic carbocycles. The molecule has 2 aromatic rings. The Balaban J connectivity index is 2.12. The number of para-hydroxylation sites is 1. The lowest BCUT2D eigenvalue weighted by Gasteiger charge is -2.10. The third-order valence-corrected chi connectivity index (χ3v) is 3.35. The maximum Gasteiger partial charge on any atom is 0.123 e. The molecule has 0 aliphatic heterocycles. The summed E-state index contributed by atoms with van der Waals surface area (Å²) in [6.07, 6.45) is 0. The molecule has 0 amide bonds. The van der Waals surface area contributed by atoms with Crippen LogP contribution in [0.15, 0.2) is 46.9 Å². The van der Waals surface area contributed by atoms with Crippen LogP contribution in [0.3, 0.4) is 0 Å². The number of aryl methyl sites for hydroxylation is 1. The fourth-order valence-corrected chi connectivity index (χ4v) is 2.05. The van der Waals surface area contributed by atoms with Crippen molar-refractivity contribution in [1.82, 2.24) is 0 Å². The normalized spacial score (nSPS) is 10.3. The third kappa shape index (κ3) is 3.07. The molecule has 2 aromatic carbocycles. The molecule has 0 spiro atoms. The fraction of sp³-hybridized carbons (Fsp3) is 0.143. The summed E-state index contributed by atoms with van der Waals surface area (Å²) < 4.78 is 14.1. The molecule has 0 radical (unpaired) electrons. The van der Waals surface area contributed by atoms with Crippen LogP contribution in [0.5, 0.6) is 0 Å². The van der Waals surface area contributed by atoms with Gasteiger partial charge in [0.1, 0.15) is 5.82 Å². The SMILES string of the molecule is Cc1ccc(F)cc1CNc1ccccc1Br.